The second kappa shape index (κ2) is 2.15. The summed E-state index contributed by atoms with van der Waals surface area (Å²) in [6, 6.07) is 0. The minimum absolute atomic E-state index is 0.266. The van der Waals surface area contributed by atoms with Crippen molar-refractivity contribution < 1.29 is 8.94 Å². The Morgan fingerprint density at radius 1 is 1.45 bits per heavy atom. The molecule has 2 heterocycles. The normalized spacial score (nSPS) is 10.3. The SMILES string of the molecule is Cc1nc(-c2nnco2)no1. The van der Waals surface area contributed by atoms with E-state index in [9.17, 15) is 0 Å². The van der Waals surface area contributed by atoms with Gasteiger partial charge in [-0.25, -0.2) is 0 Å². The molecule has 11 heavy (non-hydrogen) atoms. The highest BCUT2D eigenvalue weighted by Gasteiger charge is 2.09. The van der Waals surface area contributed by atoms with Gasteiger partial charge in [-0.1, -0.05) is 5.16 Å². The molecule has 0 saturated carbocycles. The summed E-state index contributed by atoms with van der Waals surface area (Å²) < 4.78 is 9.53. The third-order valence-electron chi connectivity index (χ3n) is 1.08. The van der Waals surface area contributed by atoms with E-state index in [0.717, 1.165) is 0 Å². The Balaban J connectivity index is 2.45. The van der Waals surface area contributed by atoms with Crippen LogP contribution in [0.4, 0.5) is 0 Å². The fraction of sp³-hybridized carbons (Fsp3) is 0.200. The molecule has 2 aromatic rings. The standard InChI is InChI=1S/C5H4N4O2/c1-3-7-4(9-11-3)5-8-6-2-10-5/h2H,1H3. The molecule has 6 heteroatoms. The summed E-state index contributed by atoms with van der Waals surface area (Å²) in [6.07, 6.45) is 1.21. The van der Waals surface area contributed by atoms with E-state index in [1.807, 2.05) is 0 Å². The molecule has 2 rings (SSSR count). The van der Waals surface area contributed by atoms with Crippen LogP contribution in [-0.4, -0.2) is 20.3 Å². The van der Waals surface area contributed by atoms with Gasteiger partial charge in [-0.2, -0.15) is 4.98 Å². The monoisotopic (exact) mass is 152 g/mol. The molecule has 0 aliphatic rings. The first-order chi connectivity index (χ1) is 5.36. The number of hydrogen-bond acceptors (Lipinski definition) is 6. The summed E-state index contributed by atoms with van der Waals surface area (Å²) in [4.78, 5) is 3.88. The van der Waals surface area contributed by atoms with Gasteiger partial charge in [0.05, 0.1) is 0 Å². The Labute approximate surface area is 61.2 Å². The van der Waals surface area contributed by atoms with Crippen molar-refractivity contribution >= 4 is 0 Å². The van der Waals surface area contributed by atoms with Crippen molar-refractivity contribution in [3.63, 3.8) is 0 Å². The average molecular weight is 152 g/mol. The van der Waals surface area contributed by atoms with Crippen LogP contribution in [-0.2, 0) is 0 Å². The molecule has 0 fully saturated rings. The van der Waals surface area contributed by atoms with Crippen LogP contribution in [0.3, 0.4) is 0 Å². The summed E-state index contributed by atoms with van der Waals surface area (Å²) in [5.74, 6) is 1.06. The van der Waals surface area contributed by atoms with E-state index in [1.165, 1.54) is 6.39 Å². The fourth-order valence-corrected chi connectivity index (χ4v) is 0.657. The highest BCUT2D eigenvalue weighted by Crippen LogP contribution is 2.09. The lowest BCUT2D eigenvalue weighted by atomic mass is 10.6. The molecule has 6 nitrogen and oxygen atoms in total. The molecule has 0 bridgehead atoms. The van der Waals surface area contributed by atoms with Crippen LogP contribution in [0.2, 0.25) is 0 Å². The maximum atomic E-state index is 4.83. The van der Waals surface area contributed by atoms with Crippen molar-refractivity contribution in [3.05, 3.63) is 12.3 Å². The van der Waals surface area contributed by atoms with Gasteiger partial charge >= 0.3 is 0 Å². The Morgan fingerprint density at radius 3 is 2.91 bits per heavy atom. The maximum Gasteiger partial charge on any atom is 0.289 e. The van der Waals surface area contributed by atoms with Crippen LogP contribution in [0.15, 0.2) is 15.3 Å². The first kappa shape index (κ1) is 6.02. The number of hydrogen-bond donors (Lipinski definition) is 0. The largest absolute Gasteiger partial charge is 0.421 e. The number of aryl methyl sites for hydroxylation is 1. The predicted molar refractivity (Wildman–Crippen MR) is 32.3 cm³/mol. The zero-order chi connectivity index (χ0) is 7.68. The summed E-state index contributed by atoms with van der Waals surface area (Å²) in [7, 11) is 0. The third-order valence-corrected chi connectivity index (χ3v) is 1.08. The second-order valence-electron chi connectivity index (χ2n) is 1.88. The topological polar surface area (TPSA) is 77.8 Å². The van der Waals surface area contributed by atoms with Crippen molar-refractivity contribution in [2.45, 2.75) is 6.92 Å². The van der Waals surface area contributed by atoms with E-state index in [4.69, 9.17) is 8.94 Å². The van der Waals surface area contributed by atoms with Gasteiger partial charge in [0, 0.05) is 6.92 Å². The van der Waals surface area contributed by atoms with Gasteiger partial charge in [0.25, 0.3) is 11.7 Å². The zero-order valence-corrected chi connectivity index (χ0v) is 5.68. The Morgan fingerprint density at radius 2 is 2.36 bits per heavy atom. The number of aromatic nitrogens is 4. The molecular weight excluding hydrogens is 148 g/mol. The van der Waals surface area contributed by atoms with E-state index < -0.39 is 0 Å². The van der Waals surface area contributed by atoms with Crippen molar-refractivity contribution in [1.29, 1.82) is 0 Å². The lowest BCUT2D eigenvalue weighted by molar-refractivity contribution is 0.392. The first-order valence-electron chi connectivity index (χ1n) is 2.93. The van der Waals surface area contributed by atoms with Crippen LogP contribution in [0.1, 0.15) is 5.89 Å². The maximum absolute atomic E-state index is 4.83. The van der Waals surface area contributed by atoms with Crippen LogP contribution >= 0.6 is 0 Å². The molecule has 0 aliphatic heterocycles. The van der Waals surface area contributed by atoms with Crippen molar-refractivity contribution in [3.8, 4) is 11.7 Å². The van der Waals surface area contributed by atoms with Crippen molar-refractivity contribution in [1.82, 2.24) is 20.3 Å². The molecule has 0 spiro atoms. The molecule has 0 atom stereocenters. The highest BCUT2D eigenvalue weighted by molar-refractivity contribution is 5.36. The van der Waals surface area contributed by atoms with E-state index >= 15 is 0 Å². The number of nitrogens with zero attached hydrogens (tertiary/aromatic N) is 4. The minimum Gasteiger partial charge on any atom is -0.421 e. The summed E-state index contributed by atoms with van der Waals surface area (Å²) >= 11 is 0. The third kappa shape index (κ3) is 0.977. The average Bonchev–Trinajstić information content (AvgIpc) is 2.55. The van der Waals surface area contributed by atoms with Crippen LogP contribution in [0.5, 0.6) is 0 Å². The van der Waals surface area contributed by atoms with Gasteiger partial charge in [0.1, 0.15) is 0 Å². The smallest absolute Gasteiger partial charge is 0.289 e. The van der Waals surface area contributed by atoms with Gasteiger partial charge in [-0.3, -0.25) is 0 Å². The van der Waals surface area contributed by atoms with Crippen molar-refractivity contribution in [2.75, 3.05) is 0 Å². The molecule has 0 aromatic carbocycles. The molecule has 0 unspecified atom stereocenters. The van der Waals surface area contributed by atoms with Gasteiger partial charge in [-0.05, 0) is 0 Å². The summed E-state index contributed by atoms with van der Waals surface area (Å²) in [5, 5.41) is 10.6. The van der Waals surface area contributed by atoms with Crippen LogP contribution < -0.4 is 0 Å². The molecule has 0 radical (unpaired) electrons. The molecule has 0 amide bonds. The predicted octanol–water partition coefficient (Wildman–Crippen LogP) is 0.428. The minimum atomic E-state index is 0.266. The lowest BCUT2D eigenvalue weighted by Crippen LogP contribution is -1.79. The quantitative estimate of drug-likeness (QED) is 0.589. The molecular formula is C5H4N4O2. The first-order valence-corrected chi connectivity index (χ1v) is 2.93. The molecule has 0 aliphatic carbocycles. The van der Waals surface area contributed by atoms with Gasteiger partial charge in [-0.15, -0.1) is 10.2 Å². The Kier molecular flexibility index (Phi) is 1.18. The number of rotatable bonds is 1. The molecule has 0 N–H and O–H groups in total. The van der Waals surface area contributed by atoms with E-state index in [-0.39, 0.29) is 5.89 Å². The molecule has 56 valence electrons. The molecule has 0 saturated heterocycles. The summed E-state index contributed by atoms with van der Waals surface area (Å²) in [6.45, 7) is 1.69. The van der Waals surface area contributed by atoms with E-state index in [1.54, 1.807) is 6.92 Å². The van der Waals surface area contributed by atoms with Gasteiger partial charge < -0.3 is 8.94 Å². The Bertz CT molecular complexity index is 339. The highest BCUT2D eigenvalue weighted by atomic mass is 16.5. The van der Waals surface area contributed by atoms with Gasteiger partial charge in [0.2, 0.25) is 12.3 Å². The van der Waals surface area contributed by atoms with Gasteiger partial charge in [0.15, 0.2) is 0 Å². The van der Waals surface area contributed by atoms with E-state index in [2.05, 4.69) is 20.3 Å². The Hall–Kier alpha value is -1.72. The van der Waals surface area contributed by atoms with Crippen molar-refractivity contribution in [2.24, 2.45) is 0 Å². The van der Waals surface area contributed by atoms with Crippen LogP contribution in [0.25, 0.3) is 11.7 Å². The van der Waals surface area contributed by atoms with E-state index in [0.29, 0.717) is 11.7 Å². The lowest BCUT2D eigenvalue weighted by Gasteiger charge is -1.76. The van der Waals surface area contributed by atoms with Crippen LogP contribution in [0, 0.1) is 6.92 Å². The zero-order valence-electron chi connectivity index (χ0n) is 5.68. The molecule has 2 aromatic heterocycles. The second-order valence-corrected chi connectivity index (χ2v) is 1.88. The summed E-state index contributed by atoms with van der Waals surface area (Å²) in [5.41, 5.74) is 0. The fourth-order valence-electron chi connectivity index (χ4n) is 0.657.